The second-order valence-electron chi connectivity index (χ2n) is 7.57. The summed E-state index contributed by atoms with van der Waals surface area (Å²) in [7, 11) is 0. The van der Waals surface area contributed by atoms with Gasteiger partial charge in [-0.2, -0.15) is 0 Å². The van der Waals surface area contributed by atoms with Crippen LogP contribution in [0.1, 0.15) is 43.4 Å². The molecule has 2 amide bonds. The fraction of sp³-hybridized carbons (Fsp3) is 0.417. The predicted molar refractivity (Wildman–Crippen MR) is 132 cm³/mol. The van der Waals surface area contributed by atoms with Crippen molar-refractivity contribution in [2.45, 2.75) is 52.0 Å². The first kappa shape index (κ1) is 25.6. The molecule has 168 valence electrons. The molecule has 0 aromatic heterocycles. The van der Waals surface area contributed by atoms with Crippen LogP contribution < -0.4 is 5.32 Å². The zero-order chi connectivity index (χ0) is 22.8. The molecule has 2 aromatic carbocycles. The van der Waals surface area contributed by atoms with Gasteiger partial charge in [-0.1, -0.05) is 72.4 Å². The van der Waals surface area contributed by atoms with Crippen molar-refractivity contribution in [3.8, 4) is 0 Å². The topological polar surface area (TPSA) is 49.4 Å². The summed E-state index contributed by atoms with van der Waals surface area (Å²) >= 11 is 13.5. The number of nitrogens with one attached hydrogen (secondary N) is 1. The van der Waals surface area contributed by atoms with Crippen molar-refractivity contribution in [2.75, 3.05) is 12.3 Å². The van der Waals surface area contributed by atoms with E-state index in [1.165, 1.54) is 11.8 Å². The van der Waals surface area contributed by atoms with Gasteiger partial charge in [0.25, 0.3) is 0 Å². The standard InChI is InChI=1S/C24H30Cl2N2O2S/c1-4-5-11-27-24(30)18(3)28(14-19-8-6-7-17(2)12-19)23(29)16-31-15-20-9-10-21(25)22(26)13-20/h6-10,12-13,18H,4-5,11,14-16H2,1-3H3,(H,27,30)/t18-/m0/s1. The van der Waals surface area contributed by atoms with Crippen LogP contribution in [-0.4, -0.2) is 35.1 Å². The number of unbranched alkanes of at least 4 members (excludes halogenated alkanes) is 1. The molecule has 0 bridgehead atoms. The average Bonchev–Trinajstić information content (AvgIpc) is 2.74. The van der Waals surface area contributed by atoms with E-state index in [2.05, 4.69) is 12.2 Å². The number of thioether (sulfide) groups is 1. The Bertz CT molecular complexity index is 892. The molecule has 2 rings (SSSR count). The fourth-order valence-electron chi connectivity index (χ4n) is 3.09. The number of amides is 2. The van der Waals surface area contributed by atoms with Gasteiger partial charge in [0.15, 0.2) is 0 Å². The van der Waals surface area contributed by atoms with Gasteiger partial charge in [-0.15, -0.1) is 11.8 Å². The van der Waals surface area contributed by atoms with Crippen molar-refractivity contribution in [2.24, 2.45) is 0 Å². The molecular formula is C24H30Cl2N2O2S. The molecule has 0 saturated carbocycles. The van der Waals surface area contributed by atoms with Crippen LogP contribution >= 0.6 is 35.0 Å². The van der Waals surface area contributed by atoms with Gasteiger partial charge in [0, 0.05) is 18.8 Å². The van der Waals surface area contributed by atoms with E-state index in [0.717, 1.165) is 29.5 Å². The summed E-state index contributed by atoms with van der Waals surface area (Å²) in [5.41, 5.74) is 3.14. The highest BCUT2D eigenvalue weighted by atomic mass is 35.5. The zero-order valence-corrected chi connectivity index (χ0v) is 20.6. The minimum atomic E-state index is -0.546. The Morgan fingerprint density at radius 3 is 2.55 bits per heavy atom. The van der Waals surface area contributed by atoms with Gasteiger partial charge in [0.05, 0.1) is 15.8 Å². The lowest BCUT2D eigenvalue weighted by atomic mass is 10.1. The Balaban J connectivity index is 2.05. The third-order valence-electron chi connectivity index (χ3n) is 4.91. The van der Waals surface area contributed by atoms with E-state index in [1.54, 1.807) is 17.9 Å². The molecule has 0 radical (unpaired) electrons. The Labute approximate surface area is 199 Å². The number of aryl methyl sites for hydroxylation is 1. The van der Waals surface area contributed by atoms with Crippen LogP contribution in [0, 0.1) is 6.92 Å². The van der Waals surface area contributed by atoms with Crippen LogP contribution in [0.25, 0.3) is 0 Å². The molecule has 0 fully saturated rings. The van der Waals surface area contributed by atoms with Gasteiger partial charge in [-0.3, -0.25) is 9.59 Å². The van der Waals surface area contributed by atoms with Gasteiger partial charge < -0.3 is 10.2 Å². The molecule has 0 aliphatic heterocycles. The minimum absolute atomic E-state index is 0.0651. The summed E-state index contributed by atoms with van der Waals surface area (Å²) in [6, 6.07) is 12.9. The maximum absolute atomic E-state index is 13.1. The van der Waals surface area contributed by atoms with Gasteiger partial charge in [-0.25, -0.2) is 0 Å². The quantitative estimate of drug-likeness (QED) is 0.409. The molecule has 0 heterocycles. The molecule has 1 N–H and O–H groups in total. The summed E-state index contributed by atoms with van der Waals surface area (Å²) in [6.45, 7) is 6.91. The molecule has 2 aromatic rings. The predicted octanol–water partition coefficient (Wildman–Crippen LogP) is 5.87. The third kappa shape index (κ3) is 8.40. The molecule has 7 heteroatoms. The second kappa shape index (κ2) is 13.0. The zero-order valence-electron chi connectivity index (χ0n) is 18.3. The van der Waals surface area contributed by atoms with Crippen LogP contribution in [0.15, 0.2) is 42.5 Å². The number of rotatable bonds is 11. The van der Waals surface area contributed by atoms with Crippen molar-refractivity contribution in [1.29, 1.82) is 0 Å². The number of hydrogen-bond acceptors (Lipinski definition) is 3. The van der Waals surface area contributed by atoms with E-state index < -0.39 is 6.04 Å². The first-order valence-corrected chi connectivity index (χ1v) is 12.4. The minimum Gasteiger partial charge on any atom is -0.354 e. The highest BCUT2D eigenvalue weighted by Crippen LogP contribution is 2.25. The van der Waals surface area contributed by atoms with Crippen LogP contribution in [0.3, 0.4) is 0 Å². The molecule has 1 atom stereocenters. The third-order valence-corrected chi connectivity index (χ3v) is 6.64. The van der Waals surface area contributed by atoms with Crippen LogP contribution in [0.4, 0.5) is 0 Å². The van der Waals surface area contributed by atoms with Crippen molar-refractivity contribution < 1.29 is 9.59 Å². The van der Waals surface area contributed by atoms with Crippen LogP contribution in [0.2, 0.25) is 10.0 Å². The summed E-state index contributed by atoms with van der Waals surface area (Å²) in [5, 5.41) is 3.96. The second-order valence-corrected chi connectivity index (χ2v) is 9.37. The van der Waals surface area contributed by atoms with E-state index in [1.807, 2.05) is 43.3 Å². The number of nitrogens with zero attached hydrogens (tertiary/aromatic N) is 1. The maximum Gasteiger partial charge on any atom is 0.242 e. The number of benzene rings is 2. The molecular weight excluding hydrogens is 451 g/mol. The average molecular weight is 481 g/mol. The van der Waals surface area contributed by atoms with Crippen LogP contribution in [0.5, 0.6) is 0 Å². The Kier molecular flexibility index (Phi) is 10.7. The Hall–Kier alpha value is -1.69. The largest absolute Gasteiger partial charge is 0.354 e. The molecule has 0 unspecified atom stereocenters. The normalized spacial score (nSPS) is 11.8. The molecule has 0 saturated heterocycles. The van der Waals surface area contributed by atoms with Crippen molar-refractivity contribution in [1.82, 2.24) is 10.2 Å². The highest BCUT2D eigenvalue weighted by molar-refractivity contribution is 7.99. The van der Waals surface area contributed by atoms with E-state index >= 15 is 0 Å². The number of carbonyl (C=O) groups excluding carboxylic acids is 2. The summed E-state index contributed by atoms with van der Waals surface area (Å²) in [5.74, 6) is 0.727. The van der Waals surface area contributed by atoms with Crippen molar-refractivity contribution in [3.05, 3.63) is 69.2 Å². The highest BCUT2D eigenvalue weighted by Gasteiger charge is 2.25. The van der Waals surface area contributed by atoms with E-state index in [9.17, 15) is 9.59 Å². The molecule has 4 nitrogen and oxygen atoms in total. The van der Waals surface area contributed by atoms with Gasteiger partial charge in [0.1, 0.15) is 6.04 Å². The SMILES string of the molecule is CCCCNC(=O)[C@H](C)N(Cc1cccc(C)c1)C(=O)CSCc1ccc(Cl)c(Cl)c1. The van der Waals surface area contributed by atoms with E-state index in [4.69, 9.17) is 23.2 Å². The number of hydrogen-bond donors (Lipinski definition) is 1. The first-order valence-electron chi connectivity index (χ1n) is 10.5. The Morgan fingerprint density at radius 1 is 1.10 bits per heavy atom. The lowest BCUT2D eigenvalue weighted by Gasteiger charge is -2.29. The molecule has 31 heavy (non-hydrogen) atoms. The summed E-state index contributed by atoms with van der Waals surface area (Å²) in [6.07, 6.45) is 1.93. The van der Waals surface area contributed by atoms with Crippen molar-refractivity contribution >= 4 is 46.8 Å². The van der Waals surface area contributed by atoms with Gasteiger partial charge >= 0.3 is 0 Å². The monoisotopic (exact) mass is 480 g/mol. The maximum atomic E-state index is 13.1. The van der Waals surface area contributed by atoms with Crippen molar-refractivity contribution in [3.63, 3.8) is 0 Å². The summed E-state index contributed by atoms with van der Waals surface area (Å²) in [4.78, 5) is 27.4. The lowest BCUT2D eigenvalue weighted by molar-refractivity contribution is -0.138. The number of carbonyl (C=O) groups is 2. The fourth-order valence-corrected chi connectivity index (χ4v) is 4.27. The summed E-state index contributed by atoms with van der Waals surface area (Å²) < 4.78 is 0. The van der Waals surface area contributed by atoms with Crippen LogP contribution in [-0.2, 0) is 21.9 Å². The Morgan fingerprint density at radius 2 is 1.87 bits per heavy atom. The number of halogens is 2. The lowest BCUT2D eigenvalue weighted by Crippen LogP contribution is -2.48. The molecule has 0 aliphatic rings. The van der Waals surface area contributed by atoms with E-state index in [-0.39, 0.29) is 17.6 Å². The smallest absolute Gasteiger partial charge is 0.242 e. The van der Waals surface area contributed by atoms with E-state index in [0.29, 0.717) is 28.9 Å². The van der Waals surface area contributed by atoms with Gasteiger partial charge in [0.2, 0.25) is 11.8 Å². The molecule has 0 aliphatic carbocycles. The first-order chi connectivity index (χ1) is 14.8. The molecule has 0 spiro atoms. The van der Waals surface area contributed by atoms with Gasteiger partial charge in [-0.05, 0) is 43.5 Å².